The van der Waals surface area contributed by atoms with Gasteiger partial charge in [0.15, 0.2) is 0 Å². The van der Waals surface area contributed by atoms with Crippen LogP contribution in [0.25, 0.3) is 0 Å². The number of furan rings is 1. The van der Waals surface area contributed by atoms with Crippen LogP contribution in [0, 0.1) is 0 Å². The van der Waals surface area contributed by atoms with Gasteiger partial charge in [-0.1, -0.05) is 12.1 Å². The maximum Gasteiger partial charge on any atom is 0.240 e. The van der Waals surface area contributed by atoms with E-state index in [0.717, 1.165) is 11.1 Å². The summed E-state index contributed by atoms with van der Waals surface area (Å²) in [7, 11) is -1.64. The third kappa shape index (κ3) is 3.66. The lowest BCUT2D eigenvalue weighted by molar-refractivity contribution is 0.561. The highest BCUT2D eigenvalue weighted by Crippen LogP contribution is 2.11. The van der Waals surface area contributed by atoms with E-state index >= 15 is 0 Å². The average Bonchev–Trinajstić information content (AvgIpc) is 2.91. The average molecular weight is 280 g/mol. The minimum absolute atomic E-state index is 0.219. The molecule has 0 unspecified atom stereocenters. The Bertz CT molecular complexity index is 604. The summed E-state index contributed by atoms with van der Waals surface area (Å²) >= 11 is 0. The Balaban J connectivity index is 2.06. The highest BCUT2D eigenvalue weighted by molar-refractivity contribution is 7.89. The summed E-state index contributed by atoms with van der Waals surface area (Å²) in [5.41, 5.74) is 1.83. The van der Waals surface area contributed by atoms with Crippen LogP contribution < -0.4 is 10.0 Å². The first-order valence-corrected chi connectivity index (χ1v) is 7.34. The van der Waals surface area contributed by atoms with Gasteiger partial charge in [-0.15, -0.1) is 0 Å². The van der Waals surface area contributed by atoms with Gasteiger partial charge < -0.3 is 9.73 Å². The quantitative estimate of drug-likeness (QED) is 0.840. The highest BCUT2D eigenvalue weighted by Gasteiger charge is 2.13. The van der Waals surface area contributed by atoms with Crippen molar-refractivity contribution in [2.45, 2.75) is 18.0 Å². The van der Waals surface area contributed by atoms with E-state index in [1.807, 2.05) is 7.05 Å². The first-order valence-electron chi connectivity index (χ1n) is 5.86. The summed E-state index contributed by atoms with van der Waals surface area (Å²) < 4.78 is 31.5. The molecule has 1 heterocycles. The van der Waals surface area contributed by atoms with E-state index in [4.69, 9.17) is 4.42 Å². The molecule has 0 fully saturated rings. The smallest absolute Gasteiger partial charge is 0.240 e. The fraction of sp³-hybridized carbons (Fsp3) is 0.231. The second-order valence-electron chi connectivity index (χ2n) is 4.13. The second-order valence-corrected chi connectivity index (χ2v) is 5.90. The zero-order valence-electron chi connectivity index (χ0n) is 10.6. The number of sulfonamides is 1. The molecule has 0 atom stereocenters. The van der Waals surface area contributed by atoms with Crippen molar-refractivity contribution in [3.8, 4) is 0 Å². The Morgan fingerprint density at radius 3 is 2.37 bits per heavy atom. The van der Waals surface area contributed by atoms with E-state index in [-0.39, 0.29) is 11.4 Å². The largest absolute Gasteiger partial charge is 0.472 e. The lowest BCUT2D eigenvalue weighted by Crippen LogP contribution is -2.23. The van der Waals surface area contributed by atoms with Gasteiger partial charge in [-0.05, 0) is 30.8 Å². The van der Waals surface area contributed by atoms with Crippen molar-refractivity contribution in [1.82, 2.24) is 10.0 Å². The van der Waals surface area contributed by atoms with Gasteiger partial charge >= 0.3 is 0 Å². The molecule has 0 aliphatic heterocycles. The molecule has 0 aliphatic rings. The third-order valence-electron chi connectivity index (χ3n) is 2.66. The molecule has 2 rings (SSSR count). The number of hydrogen-bond donors (Lipinski definition) is 2. The summed E-state index contributed by atoms with van der Waals surface area (Å²) in [5, 5.41) is 3.01. The highest BCUT2D eigenvalue weighted by atomic mass is 32.2. The van der Waals surface area contributed by atoms with Crippen LogP contribution in [0.3, 0.4) is 0 Å². The van der Waals surface area contributed by atoms with Gasteiger partial charge in [0.25, 0.3) is 0 Å². The number of rotatable bonds is 6. The maximum atomic E-state index is 12.0. The van der Waals surface area contributed by atoms with E-state index in [1.165, 1.54) is 12.5 Å². The molecule has 2 N–H and O–H groups in total. The Labute approximate surface area is 112 Å². The van der Waals surface area contributed by atoms with Gasteiger partial charge in [0.2, 0.25) is 10.0 Å². The maximum absolute atomic E-state index is 12.0. The SMILES string of the molecule is CNCc1ccc(S(=O)(=O)NCc2ccoc2)cc1. The summed E-state index contributed by atoms with van der Waals surface area (Å²) in [6.07, 6.45) is 3.02. The Morgan fingerprint density at radius 2 is 1.79 bits per heavy atom. The molecule has 1 aromatic heterocycles. The molecule has 0 saturated heterocycles. The van der Waals surface area contributed by atoms with Crippen LogP contribution in [0.5, 0.6) is 0 Å². The Hall–Kier alpha value is -1.63. The molecule has 102 valence electrons. The standard InChI is InChI=1S/C13H16N2O3S/c1-14-8-11-2-4-13(5-3-11)19(16,17)15-9-12-6-7-18-10-12/h2-7,10,14-15H,8-9H2,1H3. The molecule has 0 aliphatic carbocycles. The molecular formula is C13H16N2O3S. The van der Waals surface area contributed by atoms with Crippen LogP contribution in [-0.2, 0) is 23.1 Å². The lowest BCUT2D eigenvalue weighted by Gasteiger charge is -2.06. The molecule has 0 saturated carbocycles. The topological polar surface area (TPSA) is 71.3 Å². The first kappa shape index (κ1) is 13.8. The molecule has 19 heavy (non-hydrogen) atoms. The Morgan fingerprint density at radius 1 is 1.05 bits per heavy atom. The van der Waals surface area contributed by atoms with Crippen molar-refractivity contribution in [1.29, 1.82) is 0 Å². The number of hydrogen-bond acceptors (Lipinski definition) is 4. The van der Waals surface area contributed by atoms with Crippen molar-refractivity contribution >= 4 is 10.0 Å². The fourth-order valence-electron chi connectivity index (χ4n) is 1.65. The Kier molecular flexibility index (Phi) is 4.36. The molecule has 6 heteroatoms. The van der Waals surface area contributed by atoms with Crippen molar-refractivity contribution in [2.24, 2.45) is 0 Å². The summed E-state index contributed by atoms with van der Waals surface area (Å²) in [5.74, 6) is 0. The second kappa shape index (κ2) is 6.01. The van der Waals surface area contributed by atoms with Crippen LogP contribution in [-0.4, -0.2) is 15.5 Å². The summed E-state index contributed by atoms with van der Waals surface area (Å²) in [6.45, 7) is 0.930. The normalized spacial score (nSPS) is 11.6. The first-order chi connectivity index (χ1) is 9.12. The van der Waals surface area contributed by atoms with Gasteiger partial charge in [0.05, 0.1) is 17.4 Å². The van der Waals surface area contributed by atoms with Crippen molar-refractivity contribution in [3.63, 3.8) is 0 Å². The number of benzene rings is 1. The molecule has 0 amide bonds. The van der Waals surface area contributed by atoms with E-state index in [0.29, 0.717) is 6.54 Å². The molecule has 2 aromatic rings. The van der Waals surface area contributed by atoms with Crippen LogP contribution in [0.15, 0.2) is 52.2 Å². The van der Waals surface area contributed by atoms with Crippen LogP contribution >= 0.6 is 0 Å². The van der Waals surface area contributed by atoms with Gasteiger partial charge in [0, 0.05) is 18.7 Å². The summed E-state index contributed by atoms with van der Waals surface area (Å²) in [6, 6.07) is 8.51. The molecular weight excluding hydrogens is 264 g/mol. The molecule has 0 bridgehead atoms. The predicted octanol–water partition coefficient (Wildman–Crippen LogP) is 1.48. The van der Waals surface area contributed by atoms with Crippen molar-refractivity contribution < 1.29 is 12.8 Å². The van der Waals surface area contributed by atoms with Crippen molar-refractivity contribution in [2.75, 3.05) is 7.05 Å². The van der Waals surface area contributed by atoms with Crippen LogP contribution in [0.2, 0.25) is 0 Å². The van der Waals surface area contributed by atoms with Crippen LogP contribution in [0.4, 0.5) is 0 Å². The third-order valence-corrected chi connectivity index (χ3v) is 4.08. The number of nitrogens with one attached hydrogen (secondary N) is 2. The minimum Gasteiger partial charge on any atom is -0.472 e. The fourth-order valence-corrected chi connectivity index (χ4v) is 2.66. The molecule has 0 radical (unpaired) electrons. The van der Waals surface area contributed by atoms with Gasteiger partial charge in [-0.2, -0.15) is 0 Å². The van der Waals surface area contributed by atoms with E-state index in [2.05, 4.69) is 10.0 Å². The van der Waals surface area contributed by atoms with Gasteiger partial charge in [-0.3, -0.25) is 0 Å². The van der Waals surface area contributed by atoms with Gasteiger partial charge in [0.1, 0.15) is 0 Å². The summed E-state index contributed by atoms with van der Waals surface area (Å²) in [4.78, 5) is 0.260. The predicted molar refractivity (Wildman–Crippen MR) is 71.9 cm³/mol. The van der Waals surface area contributed by atoms with Gasteiger partial charge in [-0.25, -0.2) is 13.1 Å². The molecule has 0 spiro atoms. The van der Waals surface area contributed by atoms with E-state index < -0.39 is 10.0 Å². The zero-order valence-corrected chi connectivity index (χ0v) is 11.4. The van der Waals surface area contributed by atoms with Crippen LogP contribution in [0.1, 0.15) is 11.1 Å². The lowest BCUT2D eigenvalue weighted by atomic mass is 10.2. The molecule has 1 aromatic carbocycles. The minimum atomic E-state index is -3.48. The zero-order chi connectivity index (χ0) is 13.7. The van der Waals surface area contributed by atoms with Crippen molar-refractivity contribution in [3.05, 3.63) is 54.0 Å². The molecule has 5 nitrogen and oxygen atoms in total. The monoisotopic (exact) mass is 280 g/mol. The van der Waals surface area contributed by atoms with E-state index in [1.54, 1.807) is 30.3 Å². The van der Waals surface area contributed by atoms with E-state index in [9.17, 15) is 8.42 Å².